The number of hydrogen-bond donors (Lipinski definition) is 0. The van der Waals surface area contributed by atoms with Crippen LogP contribution in [0.15, 0.2) is 36.7 Å². The first-order valence-corrected chi connectivity index (χ1v) is 9.42. The Kier molecular flexibility index (Phi) is 6.70. The van der Waals surface area contributed by atoms with Crippen LogP contribution in [-0.2, 0) is 0 Å². The van der Waals surface area contributed by atoms with E-state index in [9.17, 15) is 0 Å². The molecule has 1 unspecified atom stereocenters. The van der Waals surface area contributed by atoms with E-state index in [2.05, 4.69) is 26.7 Å². The van der Waals surface area contributed by atoms with Crippen molar-refractivity contribution in [1.29, 1.82) is 0 Å². The molecule has 1 atom stereocenters. The van der Waals surface area contributed by atoms with Gasteiger partial charge >= 0.3 is 0 Å². The number of aromatic nitrogens is 2. The lowest BCUT2D eigenvalue weighted by atomic mass is 10.3. The lowest BCUT2D eigenvalue weighted by Gasteiger charge is -2.35. The number of methoxy groups -OCH3 is 1. The highest BCUT2D eigenvalue weighted by Crippen LogP contribution is 2.27. The summed E-state index contributed by atoms with van der Waals surface area (Å²) in [7, 11) is 1.63. The van der Waals surface area contributed by atoms with Crippen LogP contribution in [0.1, 0.15) is 13.8 Å². The maximum atomic E-state index is 6.05. The zero-order valence-corrected chi connectivity index (χ0v) is 16.3. The Balaban J connectivity index is 1.60. The molecule has 0 amide bonds. The first-order chi connectivity index (χ1) is 13.2. The molecule has 1 aliphatic rings. The Hall–Kier alpha value is -2.54. The molecule has 1 aliphatic heterocycles. The van der Waals surface area contributed by atoms with Gasteiger partial charge in [-0.1, -0.05) is 19.1 Å². The molecule has 146 valence electrons. The number of para-hydroxylation sites is 2. The third-order valence-electron chi connectivity index (χ3n) is 4.62. The summed E-state index contributed by atoms with van der Waals surface area (Å²) in [5.74, 6) is 2.76. The standard InChI is InChI=1S/C20H28N4O3/c1-4-23-11-13-24(14-12-23)19-20(22-10-9-21-19)27-16(2)15-26-18-8-6-5-7-17(18)25-3/h5-10,16H,4,11-15H2,1-3H3. The zero-order chi connectivity index (χ0) is 19.1. The Morgan fingerprint density at radius 3 is 2.44 bits per heavy atom. The molecule has 1 aromatic heterocycles. The van der Waals surface area contributed by atoms with Crippen LogP contribution in [0.2, 0.25) is 0 Å². The number of rotatable bonds is 8. The first kappa shape index (κ1) is 19.2. The number of anilines is 1. The van der Waals surface area contributed by atoms with Crippen molar-refractivity contribution >= 4 is 5.82 Å². The van der Waals surface area contributed by atoms with Crippen molar-refractivity contribution in [1.82, 2.24) is 14.9 Å². The van der Waals surface area contributed by atoms with Crippen LogP contribution >= 0.6 is 0 Å². The van der Waals surface area contributed by atoms with Crippen molar-refractivity contribution in [2.45, 2.75) is 20.0 Å². The van der Waals surface area contributed by atoms with Gasteiger partial charge < -0.3 is 24.0 Å². The van der Waals surface area contributed by atoms with Gasteiger partial charge in [0.1, 0.15) is 12.7 Å². The van der Waals surface area contributed by atoms with E-state index in [1.54, 1.807) is 19.5 Å². The van der Waals surface area contributed by atoms with Crippen LogP contribution in [0.4, 0.5) is 5.82 Å². The van der Waals surface area contributed by atoms with Gasteiger partial charge in [-0.25, -0.2) is 9.97 Å². The molecule has 0 spiro atoms. The van der Waals surface area contributed by atoms with Crippen LogP contribution in [0.25, 0.3) is 0 Å². The summed E-state index contributed by atoms with van der Waals surface area (Å²) in [6, 6.07) is 7.58. The topological polar surface area (TPSA) is 60.0 Å². The van der Waals surface area contributed by atoms with Gasteiger partial charge in [-0.05, 0) is 25.6 Å². The van der Waals surface area contributed by atoms with Gasteiger partial charge in [0.15, 0.2) is 17.3 Å². The van der Waals surface area contributed by atoms with E-state index in [-0.39, 0.29) is 6.10 Å². The SMILES string of the molecule is CCN1CCN(c2nccnc2OC(C)COc2ccccc2OC)CC1. The minimum Gasteiger partial charge on any atom is -0.493 e. The van der Waals surface area contributed by atoms with Gasteiger partial charge in [0.05, 0.1) is 7.11 Å². The second-order valence-electron chi connectivity index (χ2n) is 6.50. The van der Waals surface area contributed by atoms with Crippen molar-refractivity contribution in [3.8, 4) is 17.4 Å². The third-order valence-corrected chi connectivity index (χ3v) is 4.62. The van der Waals surface area contributed by atoms with E-state index in [4.69, 9.17) is 14.2 Å². The lowest BCUT2D eigenvalue weighted by Crippen LogP contribution is -2.46. The molecule has 2 aromatic rings. The molecule has 3 rings (SSSR count). The molecule has 1 aromatic carbocycles. The van der Waals surface area contributed by atoms with Crippen molar-refractivity contribution in [2.24, 2.45) is 0 Å². The summed E-state index contributed by atoms with van der Waals surface area (Å²) in [6.07, 6.45) is 3.20. The Bertz CT molecular complexity index is 720. The summed E-state index contributed by atoms with van der Waals surface area (Å²) >= 11 is 0. The minimum absolute atomic E-state index is 0.178. The maximum absolute atomic E-state index is 6.05. The normalized spacial score (nSPS) is 16.0. The van der Waals surface area contributed by atoms with Crippen molar-refractivity contribution < 1.29 is 14.2 Å². The number of hydrogen-bond acceptors (Lipinski definition) is 7. The molecule has 0 saturated carbocycles. The second-order valence-corrected chi connectivity index (χ2v) is 6.50. The molecule has 27 heavy (non-hydrogen) atoms. The predicted molar refractivity (Wildman–Crippen MR) is 105 cm³/mol. The molecule has 0 N–H and O–H groups in total. The summed E-state index contributed by atoms with van der Waals surface area (Å²) in [5, 5.41) is 0. The second kappa shape index (κ2) is 9.41. The number of nitrogens with zero attached hydrogens (tertiary/aromatic N) is 4. The molecule has 2 heterocycles. The van der Waals surface area contributed by atoms with Crippen LogP contribution in [0, 0.1) is 0 Å². The van der Waals surface area contributed by atoms with E-state index >= 15 is 0 Å². The predicted octanol–water partition coefficient (Wildman–Crippen LogP) is 2.47. The molecular weight excluding hydrogens is 344 g/mol. The van der Waals surface area contributed by atoms with Crippen LogP contribution in [-0.4, -0.2) is 67.4 Å². The summed E-state index contributed by atoms with van der Waals surface area (Å²) in [6.45, 7) is 9.52. The Morgan fingerprint density at radius 1 is 1.04 bits per heavy atom. The largest absolute Gasteiger partial charge is 0.493 e. The molecule has 0 radical (unpaired) electrons. The average molecular weight is 372 g/mol. The monoisotopic (exact) mass is 372 g/mol. The summed E-state index contributed by atoms with van der Waals surface area (Å²) in [4.78, 5) is 13.6. The summed E-state index contributed by atoms with van der Waals surface area (Å²) in [5.41, 5.74) is 0. The molecule has 1 fully saturated rings. The van der Waals surface area contributed by atoms with Gasteiger partial charge in [-0.15, -0.1) is 0 Å². The number of ether oxygens (including phenoxy) is 3. The van der Waals surface area contributed by atoms with E-state index in [0.717, 1.165) is 38.5 Å². The zero-order valence-electron chi connectivity index (χ0n) is 16.3. The fraction of sp³-hybridized carbons (Fsp3) is 0.500. The Morgan fingerprint density at radius 2 is 1.74 bits per heavy atom. The van der Waals surface area contributed by atoms with E-state index in [1.807, 2.05) is 31.2 Å². The van der Waals surface area contributed by atoms with Crippen LogP contribution in [0.5, 0.6) is 17.4 Å². The Labute approximate surface area is 160 Å². The van der Waals surface area contributed by atoms with E-state index in [0.29, 0.717) is 24.0 Å². The highest BCUT2D eigenvalue weighted by molar-refractivity contribution is 5.48. The molecule has 7 nitrogen and oxygen atoms in total. The number of benzene rings is 1. The van der Waals surface area contributed by atoms with Gasteiger partial charge in [-0.2, -0.15) is 0 Å². The van der Waals surface area contributed by atoms with Crippen molar-refractivity contribution in [3.63, 3.8) is 0 Å². The summed E-state index contributed by atoms with van der Waals surface area (Å²) < 4.78 is 17.2. The van der Waals surface area contributed by atoms with Gasteiger partial charge in [0.25, 0.3) is 5.88 Å². The molecule has 7 heteroatoms. The number of likely N-dealkylation sites (N-methyl/N-ethyl adjacent to an activating group) is 1. The van der Waals surface area contributed by atoms with Crippen LogP contribution < -0.4 is 19.1 Å². The fourth-order valence-corrected chi connectivity index (χ4v) is 3.06. The molecular formula is C20H28N4O3. The minimum atomic E-state index is -0.178. The highest BCUT2D eigenvalue weighted by atomic mass is 16.5. The van der Waals surface area contributed by atoms with Crippen molar-refractivity contribution in [2.75, 3.05) is 51.3 Å². The maximum Gasteiger partial charge on any atom is 0.258 e. The van der Waals surface area contributed by atoms with E-state index in [1.165, 1.54) is 0 Å². The lowest BCUT2D eigenvalue weighted by molar-refractivity contribution is 0.135. The smallest absolute Gasteiger partial charge is 0.258 e. The highest BCUT2D eigenvalue weighted by Gasteiger charge is 2.22. The fourth-order valence-electron chi connectivity index (χ4n) is 3.06. The average Bonchev–Trinajstić information content (AvgIpc) is 2.73. The number of piperazine rings is 1. The van der Waals surface area contributed by atoms with E-state index < -0.39 is 0 Å². The third kappa shape index (κ3) is 5.01. The molecule has 0 bridgehead atoms. The van der Waals surface area contributed by atoms with Crippen molar-refractivity contribution in [3.05, 3.63) is 36.7 Å². The van der Waals surface area contributed by atoms with Gasteiger partial charge in [-0.3, -0.25) is 0 Å². The van der Waals surface area contributed by atoms with Crippen LogP contribution in [0.3, 0.4) is 0 Å². The van der Waals surface area contributed by atoms with Gasteiger partial charge in [0.2, 0.25) is 0 Å². The van der Waals surface area contributed by atoms with Gasteiger partial charge in [0, 0.05) is 38.6 Å². The quantitative estimate of drug-likeness (QED) is 0.705. The first-order valence-electron chi connectivity index (χ1n) is 9.42. The molecule has 1 saturated heterocycles. The molecule has 0 aliphatic carbocycles.